The Balaban J connectivity index is 2.52. The van der Waals surface area contributed by atoms with Crippen molar-refractivity contribution >= 4 is 17.8 Å². The smallest absolute Gasteiger partial charge is 0.328 e. The quantitative estimate of drug-likeness (QED) is 0.727. The molecule has 0 unspecified atom stereocenters. The van der Waals surface area contributed by atoms with E-state index in [0.29, 0.717) is 6.42 Å². The number of carbonyl (C=O) groups is 3. The van der Waals surface area contributed by atoms with Gasteiger partial charge in [-0.3, -0.25) is 9.59 Å². The van der Waals surface area contributed by atoms with E-state index in [1.54, 1.807) is 0 Å². The van der Waals surface area contributed by atoms with Crippen molar-refractivity contribution in [1.82, 2.24) is 5.32 Å². The topological polar surface area (TPSA) is 81.7 Å². The number of ether oxygens (including phenoxy) is 2. The first-order valence-electron chi connectivity index (χ1n) is 8.37. The van der Waals surface area contributed by atoms with Gasteiger partial charge in [0.2, 0.25) is 0 Å². The molecular weight excluding hydrogens is 322 g/mol. The van der Waals surface area contributed by atoms with Crippen molar-refractivity contribution in [3.05, 3.63) is 34.9 Å². The highest BCUT2D eigenvalue weighted by atomic mass is 16.5. The lowest BCUT2D eigenvalue weighted by atomic mass is 9.99. The first-order valence-corrected chi connectivity index (χ1v) is 8.37. The molecule has 0 aliphatic carbocycles. The highest BCUT2D eigenvalue weighted by molar-refractivity contribution is 5.86. The first kappa shape index (κ1) is 20.7. The van der Waals surface area contributed by atoms with E-state index in [4.69, 9.17) is 9.47 Å². The molecule has 0 bridgehead atoms. The van der Waals surface area contributed by atoms with E-state index < -0.39 is 30.5 Å². The summed E-state index contributed by atoms with van der Waals surface area (Å²) in [4.78, 5) is 35.6. The van der Waals surface area contributed by atoms with Crippen LogP contribution < -0.4 is 5.32 Å². The number of aryl methyl sites for hydroxylation is 2. The Morgan fingerprint density at radius 1 is 1.16 bits per heavy atom. The number of rotatable bonds is 8. The SMILES string of the molecule is CC[C@H](C)[C@H](NC(=O)COC(=O)Cc1ccc(C)c(C)c1)C(=O)OC. The number of carbonyl (C=O) groups excluding carboxylic acids is 3. The Morgan fingerprint density at radius 3 is 2.40 bits per heavy atom. The average Bonchev–Trinajstić information content (AvgIpc) is 2.59. The summed E-state index contributed by atoms with van der Waals surface area (Å²) >= 11 is 0. The van der Waals surface area contributed by atoms with Crippen LogP contribution >= 0.6 is 0 Å². The predicted octanol–water partition coefficient (Wildman–Crippen LogP) is 2.09. The normalized spacial score (nSPS) is 12.8. The van der Waals surface area contributed by atoms with Crippen molar-refractivity contribution in [3.63, 3.8) is 0 Å². The molecule has 1 amide bonds. The van der Waals surface area contributed by atoms with Crippen LogP contribution in [0.5, 0.6) is 0 Å². The number of methoxy groups -OCH3 is 1. The Bertz CT molecular complexity index is 626. The van der Waals surface area contributed by atoms with Gasteiger partial charge in [0.1, 0.15) is 6.04 Å². The van der Waals surface area contributed by atoms with Gasteiger partial charge in [0, 0.05) is 0 Å². The molecule has 1 aromatic rings. The van der Waals surface area contributed by atoms with Crippen LogP contribution in [0, 0.1) is 19.8 Å². The van der Waals surface area contributed by atoms with Gasteiger partial charge in [-0.25, -0.2) is 4.79 Å². The second-order valence-corrected chi connectivity index (χ2v) is 6.21. The Hall–Kier alpha value is -2.37. The summed E-state index contributed by atoms with van der Waals surface area (Å²) < 4.78 is 9.70. The van der Waals surface area contributed by atoms with Crippen molar-refractivity contribution < 1.29 is 23.9 Å². The molecule has 0 radical (unpaired) electrons. The zero-order chi connectivity index (χ0) is 19.0. The van der Waals surface area contributed by atoms with E-state index in [1.165, 1.54) is 7.11 Å². The molecule has 2 atom stereocenters. The van der Waals surface area contributed by atoms with Gasteiger partial charge < -0.3 is 14.8 Å². The van der Waals surface area contributed by atoms with Gasteiger partial charge in [-0.1, -0.05) is 38.5 Å². The van der Waals surface area contributed by atoms with Gasteiger partial charge in [0.05, 0.1) is 13.5 Å². The second-order valence-electron chi connectivity index (χ2n) is 6.21. The average molecular weight is 349 g/mol. The van der Waals surface area contributed by atoms with E-state index in [2.05, 4.69) is 5.32 Å². The van der Waals surface area contributed by atoms with Crippen molar-refractivity contribution in [2.75, 3.05) is 13.7 Å². The second kappa shape index (κ2) is 9.81. The predicted molar refractivity (Wildman–Crippen MR) is 94.0 cm³/mol. The Labute approximate surface area is 148 Å². The fourth-order valence-corrected chi connectivity index (χ4v) is 2.29. The summed E-state index contributed by atoms with van der Waals surface area (Å²) in [7, 11) is 1.27. The Kier molecular flexibility index (Phi) is 8.11. The van der Waals surface area contributed by atoms with E-state index >= 15 is 0 Å². The number of benzene rings is 1. The summed E-state index contributed by atoms with van der Waals surface area (Å²) in [6, 6.07) is 4.98. The lowest BCUT2D eigenvalue weighted by Gasteiger charge is -2.21. The number of hydrogen-bond donors (Lipinski definition) is 1. The maximum absolute atomic E-state index is 12.0. The molecule has 0 heterocycles. The molecule has 0 aromatic heterocycles. The molecule has 0 fully saturated rings. The zero-order valence-electron chi connectivity index (χ0n) is 15.5. The van der Waals surface area contributed by atoms with Gasteiger partial charge >= 0.3 is 11.9 Å². The van der Waals surface area contributed by atoms with Crippen LogP contribution in [0.4, 0.5) is 0 Å². The maximum Gasteiger partial charge on any atom is 0.328 e. The molecule has 0 saturated heterocycles. The molecule has 25 heavy (non-hydrogen) atoms. The molecule has 1 aromatic carbocycles. The standard InChI is InChI=1S/C19H27NO5/c1-6-12(2)18(19(23)24-5)20-16(21)11-25-17(22)10-15-8-7-13(3)14(4)9-15/h7-9,12,18H,6,10-11H2,1-5H3,(H,20,21)/t12-,18-/m0/s1. The van der Waals surface area contributed by atoms with Gasteiger partial charge in [-0.05, 0) is 36.5 Å². The molecule has 6 heteroatoms. The van der Waals surface area contributed by atoms with Gasteiger partial charge in [0.15, 0.2) is 6.61 Å². The van der Waals surface area contributed by atoms with Crippen molar-refractivity contribution in [1.29, 1.82) is 0 Å². The van der Waals surface area contributed by atoms with Crippen LogP contribution in [0.15, 0.2) is 18.2 Å². The molecule has 1 N–H and O–H groups in total. The van der Waals surface area contributed by atoms with Crippen LogP contribution in [0.3, 0.4) is 0 Å². The van der Waals surface area contributed by atoms with Crippen LogP contribution in [0.1, 0.15) is 37.0 Å². The summed E-state index contributed by atoms with van der Waals surface area (Å²) in [6.45, 7) is 7.30. The molecule has 0 aliphatic heterocycles. The summed E-state index contributed by atoms with van der Waals surface area (Å²) in [5.74, 6) is -1.60. The number of nitrogens with one attached hydrogen (secondary N) is 1. The minimum atomic E-state index is -0.749. The first-order chi connectivity index (χ1) is 11.8. The number of amides is 1. The third kappa shape index (κ3) is 6.57. The minimum absolute atomic E-state index is 0.0809. The molecule has 6 nitrogen and oxygen atoms in total. The highest BCUT2D eigenvalue weighted by Gasteiger charge is 2.26. The third-order valence-electron chi connectivity index (χ3n) is 4.27. The monoisotopic (exact) mass is 349 g/mol. The van der Waals surface area contributed by atoms with Gasteiger partial charge in [-0.15, -0.1) is 0 Å². The van der Waals surface area contributed by atoms with Crippen molar-refractivity contribution in [2.45, 2.75) is 46.6 Å². The molecule has 0 saturated carbocycles. The van der Waals surface area contributed by atoms with Crippen molar-refractivity contribution in [2.24, 2.45) is 5.92 Å². The zero-order valence-corrected chi connectivity index (χ0v) is 15.5. The summed E-state index contributed by atoms with van der Waals surface area (Å²) in [5, 5.41) is 2.56. The number of esters is 2. The molecule has 138 valence electrons. The van der Waals surface area contributed by atoms with E-state index in [-0.39, 0.29) is 12.3 Å². The van der Waals surface area contributed by atoms with Crippen LogP contribution in [0.25, 0.3) is 0 Å². The highest BCUT2D eigenvalue weighted by Crippen LogP contribution is 2.11. The number of hydrogen-bond acceptors (Lipinski definition) is 5. The van der Waals surface area contributed by atoms with Gasteiger partial charge in [-0.2, -0.15) is 0 Å². The molecule has 1 rings (SSSR count). The van der Waals surface area contributed by atoms with E-state index in [0.717, 1.165) is 16.7 Å². The van der Waals surface area contributed by atoms with E-state index in [9.17, 15) is 14.4 Å². The van der Waals surface area contributed by atoms with E-state index in [1.807, 2.05) is 45.9 Å². The molecular formula is C19H27NO5. The fraction of sp³-hybridized carbons (Fsp3) is 0.526. The molecule has 0 spiro atoms. The van der Waals surface area contributed by atoms with Crippen LogP contribution in [-0.4, -0.2) is 37.6 Å². The Morgan fingerprint density at radius 2 is 1.84 bits per heavy atom. The van der Waals surface area contributed by atoms with Gasteiger partial charge in [0.25, 0.3) is 5.91 Å². The summed E-state index contributed by atoms with van der Waals surface area (Å²) in [5.41, 5.74) is 3.08. The minimum Gasteiger partial charge on any atom is -0.467 e. The maximum atomic E-state index is 12.0. The fourth-order valence-electron chi connectivity index (χ4n) is 2.29. The third-order valence-corrected chi connectivity index (χ3v) is 4.27. The lowest BCUT2D eigenvalue weighted by molar-refractivity contribution is -0.150. The van der Waals surface area contributed by atoms with Crippen LogP contribution in [-0.2, 0) is 30.3 Å². The molecule has 0 aliphatic rings. The van der Waals surface area contributed by atoms with Crippen molar-refractivity contribution in [3.8, 4) is 0 Å². The van der Waals surface area contributed by atoms with Crippen LogP contribution in [0.2, 0.25) is 0 Å². The lowest BCUT2D eigenvalue weighted by Crippen LogP contribution is -2.47. The summed E-state index contributed by atoms with van der Waals surface area (Å²) in [6.07, 6.45) is 0.798. The largest absolute Gasteiger partial charge is 0.467 e.